The molecule has 0 fully saturated rings. The van der Waals surface area contributed by atoms with Gasteiger partial charge in [0.05, 0.1) is 16.6 Å². The van der Waals surface area contributed by atoms with Gasteiger partial charge in [-0.15, -0.1) is 6.58 Å². The second kappa shape index (κ2) is 4.38. The molecule has 0 spiro atoms. The van der Waals surface area contributed by atoms with Gasteiger partial charge >= 0.3 is 0 Å². The Morgan fingerprint density at radius 3 is 2.73 bits per heavy atom. The number of nitro groups is 1. The van der Waals surface area contributed by atoms with E-state index in [9.17, 15) is 10.1 Å². The highest BCUT2D eigenvalue weighted by Gasteiger charge is 2.12. The summed E-state index contributed by atoms with van der Waals surface area (Å²) in [7, 11) is 0. The summed E-state index contributed by atoms with van der Waals surface area (Å²) in [5.41, 5.74) is 0.849. The van der Waals surface area contributed by atoms with Crippen LogP contribution in [0.3, 0.4) is 0 Å². The van der Waals surface area contributed by atoms with Gasteiger partial charge in [-0.2, -0.15) is 5.26 Å². The van der Waals surface area contributed by atoms with Crippen molar-refractivity contribution in [3.05, 3.63) is 58.0 Å². The molecular formula is C11H9N2O2. The molecule has 0 heterocycles. The lowest BCUT2D eigenvalue weighted by Crippen LogP contribution is -1.95. The molecule has 1 aromatic rings. The summed E-state index contributed by atoms with van der Waals surface area (Å²) in [6.07, 6.45) is 1.60. The lowest BCUT2D eigenvalue weighted by molar-refractivity contribution is -0.384. The average molecular weight is 201 g/mol. The number of hydrogen-bond acceptors (Lipinski definition) is 3. The molecule has 1 rings (SSSR count). The second-order valence-electron chi connectivity index (χ2n) is 3.02. The number of hydrogen-bond donors (Lipinski definition) is 0. The van der Waals surface area contributed by atoms with Gasteiger partial charge in [-0.1, -0.05) is 13.0 Å². The van der Waals surface area contributed by atoms with E-state index >= 15 is 0 Å². The van der Waals surface area contributed by atoms with E-state index in [0.29, 0.717) is 5.56 Å². The standard InChI is InChI=1S/C11H9N2O2/c1-3-8(2)10-4-9(7-12)5-11(6-10)13(14)15/h3-6H,1H2,2H3. The van der Waals surface area contributed by atoms with Gasteiger partial charge < -0.3 is 0 Å². The van der Waals surface area contributed by atoms with Gasteiger partial charge in [0.25, 0.3) is 5.69 Å². The Labute approximate surface area is 87.6 Å². The maximum absolute atomic E-state index is 10.6. The van der Waals surface area contributed by atoms with Gasteiger partial charge in [-0.05, 0) is 11.6 Å². The van der Waals surface area contributed by atoms with Gasteiger partial charge in [0.2, 0.25) is 0 Å². The van der Waals surface area contributed by atoms with E-state index in [4.69, 9.17) is 5.26 Å². The number of non-ortho nitro benzene ring substituents is 1. The Kier molecular flexibility index (Phi) is 3.19. The highest BCUT2D eigenvalue weighted by Crippen LogP contribution is 2.22. The summed E-state index contributed by atoms with van der Waals surface area (Å²) in [4.78, 5) is 10.1. The van der Waals surface area contributed by atoms with E-state index in [-0.39, 0.29) is 11.3 Å². The van der Waals surface area contributed by atoms with E-state index in [2.05, 4.69) is 6.58 Å². The van der Waals surface area contributed by atoms with Crippen LogP contribution in [0.1, 0.15) is 18.1 Å². The SMILES string of the molecule is C=C[C](C)c1cc(C#N)cc([N+](=O)[O-])c1. The van der Waals surface area contributed by atoms with Crippen LogP contribution in [0.5, 0.6) is 0 Å². The molecule has 0 aliphatic heterocycles. The fourth-order valence-corrected chi connectivity index (χ4v) is 1.13. The molecule has 4 heteroatoms. The predicted molar refractivity (Wildman–Crippen MR) is 56.0 cm³/mol. The molecule has 75 valence electrons. The molecule has 15 heavy (non-hydrogen) atoms. The van der Waals surface area contributed by atoms with Gasteiger partial charge in [0.15, 0.2) is 0 Å². The van der Waals surface area contributed by atoms with Crippen LogP contribution in [-0.4, -0.2) is 4.92 Å². The van der Waals surface area contributed by atoms with E-state index in [1.165, 1.54) is 12.1 Å². The first-order chi connectivity index (χ1) is 7.08. The number of nitriles is 1. The minimum Gasteiger partial charge on any atom is -0.258 e. The average Bonchev–Trinajstić information content (AvgIpc) is 2.27. The molecule has 0 unspecified atom stereocenters. The van der Waals surface area contributed by atoms with Crippen molar-refractivity contribution in [2.24, 2.45) is 0 Å². The van der Waals surface area contributed by atoms with Crippen LogP contribution in [0, 0.1) is 27.4 Å². The number of rotatable bonds is 3. The predicted octanol–water partition coefficient (Wildman–Crippen LogP) is 2.59. The molecule has 0 bridgehead atoms. The normalized spacial score (nSPS) is 9.67. The Morgan fingerprint density at radius 1 is 1.60 bits per heavy atom. The van der Waals surface area contributed by atoms with Crippen LogP contribution in [-0.2, 0) is 0 Å². The molecule has 0 atom stereocenters. The zero-order valence-corrected chi connectivity index (χ0v) is 8.23. The Morgan fingerprint density at radius 2 is 2.27 bits per heavy atom. The first-order valence-corrected chi connectivity index (χ1v) is 4.24. The summed E-state index contributed by atoms with van der Waals surface area (Å²) < 4.78 is 0. The van der Waals surface area contributed by atoms with Crippen molar-refractivity contribution >= 4 is 5.69 Å². The highest BCUT2D eigenvalue weighted by atomic mass is 16.6. The molecule has 0 aromatic heterocycles. The van der Waals surface area contributed by atoms with Crippen LogP contribution in [0.4, 0.5) is 5.69 Å². The summed E-state index contributed by atoms with van der Waals surface area (Å²) in [5.74, 6) is 0.801. The summed E-state index contributed by atoms with van der Waals surface area (Å²) in [6.45, 7) is 5.36. The van der Waals surface area contributed by atoms with Crippen molar-refractivity contribution in [3.8, 4) is 6.07 Å². The Balaban J connectivity index is 3.30. The number of allylic oxidation sites excluding steroid dienone is 1. The number of nitrogens with zero attached hydrogens (tertiary/aromatic N) is 2. The topological polar surface area (TPSA) is 66.9 Å². The summed E-state index contributed by atoms with van der Waals surface area (Å²) in [6, 6.07) is 6.17. The third kappa shape index (κ3) is 2.41. The zero-order valence-electron chi connectivity index (χ0n) is 8.23. The van der Waals surface area contributed by atoms with Crippen molar-refractivity contribution < 1.29 is 4.92 Å². The van der Waals surface area contributed by atoms with E-state index < -0.39 is 4.92 Å². The summed E-state index contributed by atoms with van der Waals surface area (Å²) in [5, 5.41) is 19.3. The molecular weight excluding hydrogens is 192 g/mol. The summed E-state index contributed by atoms with van der Waals surface area (Å²) >= 11 is 0. The maximum Gasteiger partial charge on any atom is 0.271 e. The van der Waals surface area contributed by atoms with Crippen LogP contribution >= 0.6 is 0 Å². The smallest absolute Gasteiger partial charge is 0.258 e. The monoisotopic (exact) mass is 201 g/mol. The van der Waals surface area contributed by atoms with Crippen molar-refractivity contribution in [3.63, 3.8) is 0 Å². The molecule has 0 N–H and O–H groups in total. The minimum atomic E-state index is -0.513. The first-order valence-electron chi connectivity index (χ1n) is 4.24. The van der Waals surface area contributed by atoms with Gasteiger partial charge in [0.1, 0.15) is 0 Å². The quantitative estimate of drug-likeness (QED) is 0.557. The van der Waals surface area contributed by atoms with E-state index in [0.717, 1.165) is 5.92 Å². The Hall–Kier alpha value is -2.15. The Bertz CT molecular complexity index is 446. The molecule has 4 nitrogen and oxygen atoms in total. The highest BCUT2D eigenvalue weighted by molar-refractivity contribution is 5.50. The number of benzene rings is 1. The largest absolute Gasteiger partial charge is 0.271 e. The van der Waals surface area contributed by atoms with Crippen LogP contribution in [0.15, 0.2) is 30.9 Å². The zero-order chi connectivity index (χ0) is 11.4. The van der Waals surface area contributed by atoms with Crippen LogP contribution in [0.2, 0.25) is 0 Å². The number of nitro benzene ring substituents is 1. The van der Waals surface area contributed by atoms with E-state index in [1.807, 2.05) is 6.07 Å². The third-order valence-corrected chi connectivity index (χ3v) is 2.02. The fraction of sp³-hybridized carbons (Fsp3) is 0.0909. The van der Waals surface area contributed by atoms with E-state index in [1.54, 1.807) is 19.1 Å². The molecule has 0 amide bonds. The van der Waals surface area contributed by atoms with Gasteiger partial charge in [0, 0.05) is 18.1 Å². The first kappa shape index (κ1) is 10.9. The van der Waals surface area contributed by atoms with Crippen molar-refractivity contribution in [2.45, 2.75) is 6.92 Å². The van der Waals surface area contributed by atoms with Crippen LogP contribution < -0.4 is 0 Å². The fourth-order valence-electron chi connectivity index (χ4n) is 1.13. The van der Waals surface area contributed by atoms with Crippen molar-refractivity contribution in [1.82, 2.24) is 0 Å². The lowest BCUT2D eigenvalue weighted by Gasteiger charge is -2.05. The lowest BCUT2D eigenvalue weighted by atomic mass is 9.99. The van der Waals surface area contributed by atoms with Crippen molar-refractivity contribution in [1.29, 1.82) is 5.26 Å². The molecule has 0 saturated carbocycles. The van der Waals surface area contributed by atoms with Gasteiger partial charge in [-0.3, -0.25) is 10.1 Å². The van der Waals surface area contributed by atoms with Gasteiger partial charge in [-0.25, -0.2) is 0 Å². The van der Waals surface area contributed by atoms with Crippen LogP contribution in [0.25, 0.3) is 0 Å². The minimum absolute atomic E-state index is 0.0785. The second-order valence-corrected chi connectivity index (χ2v) is 3.02. The van der Waals surface area contributed by atoms with Crippen molar-refractivity contribution in [2.75, 3.05) is 0 Å². The molecule has 1 radical (unpaired) electrons. The molecule has 1 aromatic carbocycles. The molecule has 0 saturated heterocycles. The molecule has 0 aliphatic rings. The third-order valence-electron chi connectivity index (χ3n) is 2.02. The maximum atomic E-state index is 10.6. The molecule has 0 aliphatic carbocycles.